The standard InChI is InChI=1S/C15H27N3O2S/c1-4-10-17-21(19,20)15-8-6-14(7-9-15)18(5-2)12-13(3)11-16/h6-9,13,17H,4-5,10-12,16H2,1-3H3. The Kier molecular flexibility index (Phi) is 7.14. The Balaban J connectivity index is 2.85. The van der Waals surface area contributed by atoms with Crippen LogP contribution in [-0.2, 0) is 10.0 Å². The van der Waals surface area contributed by atoms with Crippen molar-refractivity contribution in [3.05, 3.63) is 24.3 Å². The highest BCUT2D eigenvalue weighted by atomic mass is 32.2. The average Bonchev–Trinajstić information content (AvgIpc) is 2.50. The second-order valence-corrected chi connectivity index (χ2v) is 7.04. The molecule has 0 aliphatic carbocycles. The van der Waals surface area contributed by atoms with Gasteiger partial charge in [0.25, 0.3) is 0 Å². The fourth-order valence-electron chi connectivity index (χ4n) is 2.02. The first-order valence-corrected chi connectivity index (χ1v) is 8.97. The summed E-state index contributed by atoms with van der Waals surface area (Å²) in [5.41, 5.74) is 6.69. The first kappa shape index (κ1) is 17.9. The predicted molar refractivity (Wildman–Crippen MR) is 88.0 cm³/mol. The van der Waals surface area contributed by atoms with E-state index in [4.69, 9.17) is 5.73 Å². The lowest BCUT2D eigenvalue weighted by molar-refractivity contribution is 0.575. The van der Waals surface area contributed by atoms with Crippen LogP contribution in [0, 0.1) is 5.92 Å². The molecule has 1 atom stereocenters. The number of anilines is 1. The van der Waals surface area contributed by atoms with E-state index in [9.17, 15) is 8.42 Å². The fraction of sp³-hybridized carbons (Fsp3) is 0.600. The average molecular weight is 313 g/mol. The topological polar surface area (TPSA) is 75.4 Å². The van der Waals surface area contributed by atoms with Gasteiger partial charge in [-0.3, -0.25) is 0 Å². The molecule has 0 aromatic heterocycles. The minimum absolute atomic E-state index is 0.308. The van der Waals surface area contributed by atoms with E-state index < -0.39 is 10.0 Å². The molecule has 5 nitrogen and oxygen atoms in total. The van der Waals surface area contributed by atoms with Crippen molar-refractivity contribution < 1.29 is 8.42 Å². The van der Waals surface area contributed by atoms with Crippen molar-refractivity contribution in [2.45, 2.75) is 32.1 Å². The van der Waals surface area contributed by atoms with Crippen molar-refractivity contribution in [1.82, 2.24) is 4.72 Å². The van der Waals surface area contributed by atoms with Crippen molar-refractivity contribution in [1.29, 1.82) is 0 Å². The van der Waals surface area contributed by atoms with Gasteiger partial charge in [0.2, 0.25) is 10.0 Å². The summed E-state index contributed by atoms with van der Waals surface area (Å²) in [5.74, 6) is 0.402. The van der Waals surface area contributed by atoms with Crippen LogP contribution >= 0.6 is 0 Å². The molecule has 1 rings (SSSR count). The van der Waals surface area contributed by atoms with Gasteiger partial charge in [-0.05, 0) is 50.1 Å². The Morgan fingerprint density at radius 1 is 1.24 bits per heavy atom. The number of nitrogens with zero attached hydrogens (tertiary/aromatic N) is 1. The number of nitrogens with two attached hydrogens (primary N) is 1. The molecule has 0 saturated carbocycles. The first-order valence-electron chi connectivity index (χ1n) is 7.49. The monoisotopic (exact) mass is 313 g/mol. The largest absolute Gasteiger partial charge is 0.371 e. The van der Waals surface area contributed by atoms with E-state index in [-0.39, 0.29) is 0 Å². The number of benzene rings is 1. The van der Waals surface area contributed by atoms with Gasteiger partial charge in [0.15, 0.2) is 0 Å². The van der Waals surface area contributed by atoms with E-state index in [1.165, 1.54) is 0 Å². The van der Waals surface area contributed by atoms with Crippen LogP contribution in [0.1, 0.15) is 27.2 Å². The Morgan fingerprint density at radius 3 is 2.33 bits per heavy atom. The van der Waals surface area contributed by atoms with Gasteiger partial charge in [-0.15, -0.1) is 0 Å². The highest BCUT2D eigenvalue weighted by molar-refractivity contribution is 7.89. The lowest BCUT2D eigenvalue weighted by Gasteiger charge is -2.26. The molecule has 0 spiro atoms. The Bertz CT molecular complexity index is 514. The number of hydrogen-bond donors (Lipinski definition) is 2. The fourth-order valence-corrected chi connectivity index (χ4v) is 3.16. The van der Waals surface area contributed by atoms with Gasteiger partial charge in [-0.2, -0.15) is 0 Å². The second-order valence-electron chi connectivity index (χ2n) is 5.27. The number of sulfonamides is 1. The maximum atomic E-state index is 12.0. The predicted octanol–water partition coefficient (Wildman–Crippen LogP) is 1.80. The van der Waals surface area contributed by atoms with Gasteiger partial charge in [0.1, 0.15) is 0 Å². The molecule has 0 aliphatic rings. The molecule has 3 N–H and O–H groups in total. The molecule has 0 aliphatic heterocycles. The minimum atomic E-state index is -3.39. The third-order valence-corrected chi connectivity index (χ3v) is 4.85. The molecular formula is C15H27N3O2S. The van der Waals surface area contributed by atoms with E-state index >= 15 is 0 Å². The number of nitrogens with one attached hydrogen (secondary N) is 1. The van der Waals surface area contributed by atoms with Crippen LogP contribution in [0.25, 0.3) is 0 Å². The summed E-state index contributed by atoms with van der Waals surface area (Å²) in [5, 5.41) is 0. The zero-order chi connectivity index (χ0) is 15.9. The van der Waals surface area contributed by atoms with Gasteiger partial charge >= 0.3 is 0 Å². The summed E-state index contributed by atoms with van der Waals surface area (Å²) in [4.78, 5) is 2.51. The number of hydrogen-bond acceptors (Lipinski definition) is 4. The molecule has 6 heteroatoms. The number of rotatable bonds is 9. The van der Waals surface area contributed by atoms with E-state index in [2.05, 4.69) is 23.5 Å². The van der Waals surface area contributed by atoms with Crippen LogP contribution < -0.4 is 15.4 Å². The van der Waals surface area contributed by atoms with Crippen LogP contribution in [0.5, 0.6) is 0 Å². The highest BCUT2D eigenvalue weighted by Crippen LogP contribution is 2.19. The molecular weight excluding hydrogens is 286 g/mol. The molecule has 21 heavy (non-hydrogen) atoms. The molecule has 0 bridgehead atoms. The van der Waals surface area contributed by atoms with Crippen molar-refractivity contribution in [2.24, 2.45) is 11.7 Å². The molecule has 0 heterocycles. The van der Waals surface area contributed by atoms with E-state index in [0.29, 0.717) is 23.9 Å². The zero-order valence-electron chi connectivity index (χ0n) is 13.2. The van der Waals surface area contributed by atoms with E-state index in [0.717, 1.165) is 25.2 Å². The van der Waals surface area contributed by atoms with Crippen LogP contribution in [0.4, 0.5) is 5.69 Å². The normalized spacial score (nSPS) is 13.1. The van der Waals surface area contributed by atoms with E-state index in [1.54, 1.807) is 12.1 Å². The smallest absolute Gasteiger partial charge is 0.240 e. The maximum Gasteiger partial charge on any atom is 0.240 e. The van der Waals surface area contributed by atoms with Crippen LogP contribution in [0.3, 0.4) is 0 Å². The lowest BCUT2D eigenvalue weighted by atomic mass is 10.1. The quantitative estimate of drug-likeness (QED) is 0.729. The molecule has 120 valence electrons. The summed E-state index contributed by atoms with van der Waals surface area (Å²) >= 11 is 0. The molecule has 0 amide bonds. The van der Waals surface area contributed by atoms with Gasteiger partial charge in [-0.25, -0.2) is 13.1 Å². The third-order valence-electron chi connectivity index (χ3n) is 3.37. The Morgan fingerprint density at radius 2 is 1.86 bits per heavy atom. The van der Waals surface area contributed by atoms with Gasteiger partial charge < -0.3 is 10.6 Å². The van der Waals surface area contributed by atoms with Crippen LogP contribution in [0.15, 0.2) is 29.2 Å². The van der Waals surface area contributed by atoms with Gasteiger partial charge in [0.05, 0.1) is 4.90 Å². The molecule has 1 unspecified atom stereocenters. The summed E-state index contributed by atoms with van der Waals surface area (Å²) in [6.07, 6.45) is 0.776. The van der Waals surface area contributed by atoms with E-state index in [1.807, 2.05) is 19.1 Å². The van der Waals surface area contributed by atoms with Crippen molar-refractivity contribution >= 4 is 15.7 Å². The molecule has 0 fully saturated rings. The SMILES string of the molecule is CCCNS(=O)(=O)c1ccc(N(CC)CC(C)CN)cc1. The lowest BCUT2D eigenvalue weighted by Crippen LogP contribution is -2.31. The molecule has 0 radical (unpaired) electrons. The summed E-state index contributed by atoms with van der Waals surface area (Å²) in [6, 6.07) is 7.02. The molecule has 0 saturated heterocycles. The Labute approximate surface area is 128 Å². The van der Waals surface area contributed by atoms with Crippen molar-refractivity contribution in [3.63, 3.8) is 0 Å². The highest BCUT2D eigenvalue weighted by Gasteiger charge is 2.14. The molecule has 1 aromatic rings. The van der Waals surface area contributed by atoms with Crippen LogP contribution in [0.2, 0.25) is 0 Å². The zero-order valence-corrected chi connectivity index (χ0v) is 14.0. The first-order chi connectivity index (χ1) is 9.94. The van der Waals surface area contributed by atoms with Gasteiger partial charge in [-0.1, -0.05) is 13.8 Å². The maximum absolute atomic E-state index is 12.0. The summed E-state index contributed by atoms with van der Waals surface area (Å²) in [6.45, 7) is 8.96. The summed E-state index contributed by atoms with van der Waals surface area (Å²) < 4.78 is 26.6. The van der Waals surface area contributed by atoms with Gasteiger partial charge in [0, 0.05) is 25.3 Å². The van der Waals surface area contributed by atoms with Crippen molar-refractivity contribution in [2.75, 3.05) is 31.1 Å². The third kappa shape index (κ3) is 5.30. The molecule has 1 aromatic carbocycles. The summed E-state index contributed by atoms with van der Waals surface area (Å²) in [7, 11) is -3.39. The van der Waals surface area contributed by atoms with Crippen molar-refractivity contribution in [3.8, 4) is 0 Å². The second kappa shape index (κ2) is 8.36. The minimum Gasteiger partial charge on any atom is -0.371 e. The Hall–Kier alpha value is -1.11. The van der Waals surface area contributed by atoms with Crippen LogP contribution in [-0.4, -0.2) is 34.6 Å².